The minimum absolute atomic E-state index is 0.274. The van der Waals surface area contributed by atoms with Crippen molar-refractivity contribution in [3.05, 3.63) is 0 Å². The van der Waals surface area contributed by atoms with E-state index in [2.05, 4.69) is 5.32 Å². The van der Waals surface area contributed by atoms with Crippen LogP contribution in [0.3, 0.4) is 0 Å². The van der Waals surface area contributed by atoms with E-state index >= 15 is 0 Å². The third-order valence-corrected chi connectivity index (χ3v) is 2.32. The standard InChI is InChI=1S/C7H12N2O/c10-7-4-8-6-2-1-3-9(7)5-6/h6,8H,1-5H2. The predicted molar refractivity (Wildman–Crippen MR) is 37.6 cm³/mol. The number of fused-ring (bicyclic) bond motifs is 2. The van der Waals surface area contributed by atoms with Gasteiger partial charge in [-0.1, -0.05) is 0 Å². The second-order valence-corrected chi connectivity index (χ2v) is 3.06. The molecule has 2 bridgehead atoms. The Morgan fingerprint density at radius 3 is 3.30 bits per heavy atom. The molecule has 2 heterocycles. The first-order valence-corrected chi connectivity index (χ1v) is 3.87. The Labute approximate surface area is 60.4 Å². The van der Waals surface area contributed by atoms with E-state index in [4.69, 9.17) is 0 Å². The van der Waals surface area contributed by atoms with Gasteiger partial charge in [-0.15, -0.1) is 0 Å². The molecule has 2 aliphatic heterocycles. The average Bonchev–Trinajstić information content (AvgIpc) is 1.99. The number of carbonyl (C=O) groups is 1. The molecular weight excluding hydrogens is 128 g/mol. The summed E-state index contributed by atoms with van der Waals surface area (Å²) < 4.78 is 0. The normalized spacial score (nSPS) is 32.6. The van der Waals surface area contributed by atoms with Gasteiger partial charge in [0.05, 0.1) is 6.54 Å². The van der Waals surface area contributed by atoms with Gasteiger partial charge in [0.25, 0.3) is 0 Å². The highest BCUT2D eigenvalue weighted by atomic mass is 16.2. The molecule has 1 atom stereocenters. The van der Waals surface area contributed by atoms with Crippen LogP contribution >= 0.6 is 0 Å². The molecule has 2 aliphatic rings. The van der Waals surface area contributed by atoms with Gasteiger partial charge in [-0.3, -0.25) is 4.79 Å². The maximum Gasteiger partial charge on any atom is 0.236 e. The topological polar surface area (TPSA) is 32.3 Å². The van der Waals surface area contributed by atoms with Crippen LogP contribution in [-0.2, 0) is 4.79 Å². The zero-order chi connectivity index (χ0) is 6.97. The third-order valence-electron chi connectivity index (χ3n) is 2.32. The Kier molecular flexibility index (Phi) is 1.38. The van der Waals surface area contributed by atoms with Gasteiger partial charge >= 0.3 is 0 Å². The van der Waals surface area contributed by atoms with E-state index < -0.39 is 0 Å². The number of amides is 1. The lowest BCUT2D eigenvalue weighted by atomic mass is 10.0. The van der Waals surface area contributed by atoms with Gasteiger partial charge in [0, 0.05) is 19.1 Å². The van der Waals surface area contributed by atoms with Crippen molar-refractivity contribution < 1.29 is 4.79 Å². The van der Waals surface area contributed by atoms with E-state index in [1.54, 1.807) is 0 Å². The summed E-state index contributed by atoms with van der Waals surface area (Å²) in [6.07, 6.45) is 2.41. The first-order valence-electron chi connectivity index (χ1n) is 3.87. The lowest BCUT2D eigenvalue weighted by Gasteiger charge is -2.37. The van der Waals surface area contributed by atoms with Gasteiger partial charge in [0.1, 0.15) is 0 Å². The molecule has 10 heavy (non-hydrogen) atoms. The summed E-state index contributed by atoms with van der Waals surface area (Å²) in [7, 11) is 0. The molecule has 2 fully saturated rings. The summed E-state index contributed by atoms with van der Waals surface area (Å²) in [5.74, 6) is 0.274. The molecule has 0 aromatic carbocycles. The fraction of sp³-hybridized carbons (Fsp3) is 0.857. The van der Waals surface area contributed by atoms with E-state index in [1.165, 1.54) is 12.8 Å². The van der Waals surface area contributed by atoms with E-state index in [-0.39, 0.29) is 5.91 Å². The average molecular weight is 140 g/mol. The number of piperidine rings is 1. The molecule has 56 valence electrons. The van der Waals surface area contributed by atoms with Crippen molar-refractivity contribution in [3.63, 3.8) is 0 Å². The van der Waals surface area contributed by atoms with E-state index in [0.717, 1.165) is 13.1 Å². The molecule has 2 saturated heterocycles. The second-order valence-electron chi connectivity index (χ2n) is 3.06. The highest BCUT2D eigenvalue weighted by molar-refractivity contribution is 5.79. The number of rotatable bonds is 0. The maximum absolute atomic E-state index is 11.1. The summed E-state index contributed by atoms with van der Waals surface area (Å²) in [5.41, 5.74) is 0. The van der Waals surface area contributed by atoms with Crippen molar-refractivity contribution in [2.45, 2.75) is 18.9 Å². The highest BCUT2D eigenvalue weighted by Crippen LogP contribution is 2.12. The SMILES string of the molecule is O=C1CNC2CCCN1C2. The van der Waals surface area contributed by atoms with Gasteiger partial charge in [-0.2, -0.15) is 0 Å². The van der Waals surface area contributed by atoms with Crippen molar-refractivity contribution in [3.8, 4) is 0 Å². The second kappa shape index (κ2) is 2.23. The van der Waals surface area contributed by atoms with Gasteiger partial charge in [-0.05, 0) is 12.8 Å². The largest absolute Gasteiger partial charge is 0.340 e. The first kappa shape index (κ1) is 6.16. The Bertz CT molecular complexity index is 158. The quantitative estimate of drug-likeness (QED) is 0.495. The van der Waals surface area contributed by atoms with E-state index in [0.29, 0.717) is 12.6 Å². The summed E-state index contributed by atoms with van der Waals surface area (Å²) >= 11 is 0. The first-order chi connectivity index (χ1) is 4.86. The summed E-state index contributed by atoms with van der Waals surface area (Å²) in [5, 5.41) is 3.21. The smallest absolute Gasteiger partial charge is 0.236 e. The lowest BCUT2D eigenvalue weighted by molar-refractivity contribution is -0.134. The molecule has 0 aromatic heterocycles. The van der Waals surface area contributed by atoms with Crippen LogP contribution in [0.25, 0.3) is 0 Å². The fourth-order valence-corrected chi connectivity index (χ4v) is 1.71. The van der Waals surface area contributed by atoms with Crippen LogP contribution in [-0.4, -0.2) is 36.5 Å². The minimum atomic E-state index is 0.274. The minimum Gasteiger partial charge on any atom is -0.340 e. The molecule has 1 unspecified atom stereocenters. The highest BCUT2D eigenvalue weighted by Gasteiger charge is 2.27. The number of nitrogens with zero attached hydrogens (tertiary/aromatic N) is 1. The monoisotopic (exact) mass is 140 g/mol. The van der Waals surface area contributed by atoms with E-state index in [1.807, 2.05) is 4.90 Å². The zero-order valence-corrected chi connectivity index (χ0v) is 5.97. The van der Waals surface area contributed by atoms with Crippen LogP contribution in [0.15, 0.2) is 0 Å². The molecule has 0 spiro atoms. The molecule has 3 heteroatoms. The Balaban J connectivity index is 2.07. The number of hydrogen-bond donors (Lipinski definition) is 1. The van der Waals surface area contributed by atoms with Crippen LogP contribution in [0.1, 0.15) is 12.8 Å². The zero-order valence-electron chi connectivity index (χ0n) is 5.97. The van der Waals surface area contributed by atoms with E-state index in [9.17, 15) is 4.79 Å². The molecule has 0 saturated carbocycles. The van der Waals surface area contributed by atoms with Crippen molar-refractivity contribution >= 4 is 5.91 Å². The number of piperazine rings is 1. The number of nitrogens with one attached hydrogen (secondary N) is 1. The van der Waals surface area contributed by atoms with Crippen molar-refractivity contribution in [2.24, 2.45) is 0 Å². The van der Waals surface area contributed by atoms with Crippen LogP contribution < -0.4 is 5.32 Å². The molecule has 1 amide bonds. The Morgan fingerprint density at radius 1 is 1.60 bits per heavy atom. The number of carbonyl (C=O) groups excluding carboxylic acids is 1. The van der Waals surface area contributed by atoms with Gasteiger partial charge < -0.3 is 10.2 Å². The molecule has 0 aromatic rings. The fourth-order valence-electron chi connectivity index (χ4n) is 1.71. The van der Waals surface area contributed by atoms with Gasteiger partial charge in [0.15, 0.2) is 0 Å². The van der Waals surface area contributed by atoms with Crippen LogP contribution in [0.2, 0.25) is 0 Å². The molecule has 3 nitrogen and oxygen atoms in total. The van der Waals surface area contributed by atoms with Gasteiger partial charge in [-0.25, -0.2) is 0 Å². The summed E-state index contributed by atoms with van der Waals surface area (Å²) in [4.78, 5) is 13.0. The van der Waals surface area contributed by atoms with Crippen molar-refractivity contribution in [1.82, 2.24) is 10.2 Å². The summed E-state index contributed by atoms with van der Waals surface area (Å²) in [6, 6.07) is 0.589. The summed E-state index contributed by atoms with van der Waals surface area (Å²) in [6.45, 7) is 2.49. The molecular formula is C7H12N2O. The molecule has 1 N–H and O–H groups in total. The van der Waals surface area contributed by atoms with Crippen molar-refractivity contribution in [2.75, 3.05) is 19.6 Å². The van der Waals surface area contributed by atoms with Crippen molar-refractivity contribution in [1.29, 1.82) is 0 Å². The number of hydrogen-bond acceptors (Lipinski definition) is 2. The predicted octanol–water partition coefficient (Wildman–Crippen LogP) is -0.419. The Hall–Kier alpha value is -0.570. The Morgan fingerprint density at radius 2 is 2.50 bits per heavy atom. The van der Waals surface area contributed by atoms with Crippen LogP contribution in [0, 0.1) is 0 Å². The molecule has 0 aliphatic carbocycles. The van der Waals surface area contributed by atoms with Crippen LogP contribution in [0.5, 0.6) is 0 Å². The van der Waals surface area contributed by atoms with Crippen LogP contribution in [0.4, 0.5) is 0 Å². The van der Waals surface area contributed by atoms with Gasteiger partial charge in [0.2, 0.25) is 5.91 Å². The molecule has 2 rings (SSSR count). The lowest BCUT2D eigenvalue weighted by Crippen LogP contribution is -2.56. The maximum atomic E-state index is 11.1. The molecule has 0 radical (unpaired) electrons. The third kappa shape index (κ3) is 0.904.